The molecule has 1 fully saturated rings. The molecule has 1 aliphatic rings. The second-order valence-electron chi connectivity index (χ2n) is 9.44. The standard InChI is InChI=1S/C29H34Cl2N8O4/c1-5-25(40)36-20-13-18(39-11-9-38(6-2)10-12-39)7-8-19(20)35-24-15-23(33-17-34-24)32-16-26(41)37-29-27(30)21(42-3)14-22(43-4)28(29)31/h5,7-8,13-15,17H,1,6,9-12,16H2,2-4H3,(H,36,40)(H,37,41)(H2,32,33,34,35). The summed E-state index contributed by atoms with van der Waals surface area (Å²) in [5.74, 6) is 0.662. The van der Waals surface area contributed by atoms with Crippen molar-refractivity contribution in [2.75, 3.05) is 79.7 Å². The third-order valence-corrected chi connectivity index (χ3v) is 7.58. The maximum atomic E-state index is 12.8. The predicted molar refractivity (Wildman–Crippen MR) is 172 cm³/mol. The van der Waals surface area contributed by atoms with Crippen LogP contribution in [0.15, 0.2) is 49.3 Å². The molecule has 43 heavy (non-hydrogen) atoms. The lowest BCUT2D eigenvalue weighted by Crippen LogP contribution is -2.46. The molecule has 1 aliphatic heterocycles. The van der Waals surface area contributed by atoms with Gasteiger partial charge in [-0.15, -0.1) is 0 Å². The summed E-state index contributed by atoms with van der Waals surface area (Å²) >= 11 is 12.7. The Labute approximate surface area is 260 Å². The number of benzene rings is 2. The zero-order chi connectivity index (χ0) is 30.9. The number of amides is 2. The molecule has 3 aromatic rings. The fourth-order valence-electron chi connectivity index (χ4n) is 4.46. The Morgan fingerprint density at radius 3 is 2.26 bits per heavy atom. The van der Waals surface area contributed by atoms with E-state index in [1.807, 2.05) is 18.2 Å². The van der Waals surface area contributed by atoms with Crippen LogP contribution in [-0.2, 0) is 9.59 Å². The quantitative estimate of drug-likeness (QED) is 0.206. The normalized spacial score (nSPS) is 13.2. The van der Waals surface area contributed by atoms with Gasteiger partial charge in [0.1, 0.15) is 39.5 Å². The number of likely N-dealkylation sites (N-methyl/N-ethyl adjacent to an activating group) is 1. The van der Waals surface area contributed by atoms with Crippen molar-refractivity contribution >= 4 is 69.4 Å². The number of rotatable bonds is 12. The van der Waals surface area contributed by atoms with Crippen molar-refractivity contribution in [3.8, 4) is 11.5 Å². The van der Waals surface area contributed by atoms with Crippen LogP contribution in [0.5, 0.6) is 11.5 Å². The first-order chi connectivity index (χ1) is 20.8. The van der Waals surface area contributed by atoms with Crippen LogP contribution in [0.2, 0.25) is 10.0 Å². The van der Waals surface area contributed by atoms with Crippen molar-refractivity contribution in [3.63, 3.8) is 0 Å². The number of carbonyl (C=O) groups excluding carboxylic acids is 2. The van der Waals surface area contributed by atoms with E-state index in [9.17, 15) is 9.59 Å². The van der Waals surface area contributed by atoms with E-state index in [1.165, 1.54) is 32.7 Å². The van der Waals surface area contributed by atoms with E-state index in [1.54, 1.807) is 6.07 Å². The highest BCUT2D eigenvalue weighted by Gasteiger charge is 2.20. The molecule has 0 unspecified atom stereocenters. The van der Waals surface area contributed by atoms with Crippen LogP contribution in [-0.4, -0.2) is 80.2 Å². The minimum atomic E-state index is -0.433. The van der Waals surface area contributed by atoms with Gasteiger partial charge < -0.3 is 40.5 Å². The molecule has 4 rings (SSSR count). The van der Waals surface area contributed by atoms with Gasteiger partial charge in [-0.2, -0.15) is 0 Å². The van der Waals surface area contributed by atoms with Crippen LogP contribution < -0.4 is 35.6 Å². The van der Waals surface area contributed by atoms with E-state index in [4.69, 9.17) is 32.7 Å². The molecule has 0 spiro atoms. The van der Waals surface area contributed by atoms with E-state index in [0.29, 0.717) is 34.5 Å². The second-order valence-corrected chi connectivity index (χ2v) is 10.2. The zero-order valence-electron chi connectivity index (χ0n) is 24.2. The fraction of sp³-hybridized carbons (Fsp3) is 0.310. The molecule has 12 nitrogen and oxygen atoms in total. The number of piperazine rings is 1. The van der Waals surface area contributed by atoms with Crippen molar-refractivity contribution in [3.05, 3.63) is 59.4 Å². The monoisotopic (exact) mass is 628 g/mol. The molecule has 1 aromatic heterocycles. The average molecular weight is 630 g/mol. The van der Waals surface area contributed by atoms with Gasteiger partial charge in [-0.3, -0.25) is 9.59 Å². The predicted octanol–water partition coefficient (Wildman–Crippen LogP) is 4.86. The number of halogens is 2. The molecule has 1 saturated heterocycles. The number of aromatic nitrogens is 2. The van der Waals surface area contributed by atoms with Gasteiger partial charge in [-0.05, 0) is 30.8 Å². The Bertz CT molecular complexity index is 1450. The summed E-state index contributed by atoms with van der Waals surface area (Å²) in [5, 5.41) is 12.0. The molecule has 2 heterocycles. The number of methoxy groups -OCH3 is 2. The number of anilines is 6. The van der Waals surface area contributed by atoms with Crippen molar-refractivity contribution in [2.24, 2.45) is 0 Å². The molecule has 0 bridgehead atoms. The van der Waals surface area contributed by atoms with Crippen LogP contribution in [0.4, 0.5) is 34.4 Å². The van der Waals surface area contributed by atoms with E-state index < -0.39 is 5.91 Å². The average Bonchev–Trinajstić information content (AvgIpc) is 3.03. The molecule has 14 heteroatoms. The number of nitrogens with one attached hydrogen (secondary N) is 4. The highest BCUT2D eigenvalue weighted by atomic mass is 35.5. The first-order valence-corrected chi connectivity index (χ1v) is 14.3. The van der Waals surface area contributed by atoms with Gasteiger partial charge in [0.05, 0.1) is 37.8 Å². The van der Waals surface area contributed by atoms with Gasteiger partial charge in [-0.1, -0.05) is 36.7 Å². The molecular formula is C29H34Cl2N8O4. The molecule has 0 atom stereocenters. The lowest BCUT2D eigenvalue weighted by molar-refractivity contribution is -0.114. The van der Waals surface area contributed by atoms with Crippen molar-refractivity contribution in [1.82, 2.24) is 14.9 Å². The minimum absolute atomic E-state index is 0.142. The van der Waals surface area contributed by atoms with Crippen LogP contribution in [0.25, 0.3) is 0 Å². The van der Waals surface area contributed by atoms with Crippen LogP contribution >= 0.6 is 23.2 Å². The zero-order valence-corrected chi connectivity index (χ0v) is 25.7. The summed E-state index contributed by atoms with van der Waals surface area (Å²) in [6, 6.07) is 8.99. The maximum absolute atomic E-state index is 12.8. The van der Waals surface area contributed by atoms with Crippen LogP contribution in [0, 0.1) is 0 Å². The first kappa shape index (κ1) is 31.7. The highest BCUT2D eigenvalue weighted by Crippen LogP contribution is 2.44. The topological polar surface area (TPSA) is 133 Å². The molecular weight excluding hydrogens is 595 g/mol. The Hall–Kier alpha value is -4.26. The lowest BCUT2D eigenvalue weighted by Gasteiger charge is -2.35. The number of ether oxygens (including phenoxy) is 2. The summed E-state index contributed by atoms with van der Waals surface area (Å²) in [4.78, 5) is 38.1. The fourth-order valence-corrected chi connectivity index (χ4v) is 5.05. The summed E-state index contributed by atoms with van der Waals surface area (Å²) in [6.45, 7) is 10.4. The van der Waals surface area contributed by atoms with Gasteiger partial charge in [0.15, 0.2) is 0 Å². The summed E-state index contributed by atoms with van der Waals surface area (Å²) < 4.78 is 10.5. The summed E-state index contributed by atoms with van der Waals surface area (Å²) in [6.07, 6.45) is 2.57. The third kappa shape index (κ3) is 7.98. The largest absolute Gasteiger partial charge is 0.495 e. The summed E-state index contributed by atoms with van der Waals surface area (Å²) in [5.41, 5.74) is 2.38. The molecule has 0 saturated carbocycles. The molecule has 0 aliphatic carbocycles. The van der Waals surface area contributed by atoms with E-state index in [-0.39, 0.29) is 28.2 Å². The Kier molecular flexibility index (Phi) is 10.9. The van der Waals surface area contributed by atoms with E-state index in [0.717, 1.165) is 38.4 Å². The number of nitrogens with zero attached hydrogens (tertiary/aromatic N) is 4. The third-order valence-electron chi connectivity index (χ3n) is 6.83. The molecule has 4 N–H and O–H groups in total. The number of hydrogen-bond donors (Lipinski definition) is 4. The second kappa shape index (κ2) is 14.8. The van der Waals surface area contributed by atoms with Gasteiger partial charge in [0, 0.05) is 44.0 Å². The number of carbonyl (C=O) groups is 2. The van der Waals surface area contributed by atoms with Crippen molar-refractivity contribution in [2.45, 2.75) is 6.92 Å². The van der Waals surface area contributed by atoms with Gasteiger partial charge in [0.2, 0.25) is 11.8 Å². The number of hydrogen-bond acceptors (Lipinski definition) is 10. The van der Waals surface area contributed by atoms with Gasteiger partial charge >= 0.3 is 0 Å². The SMILES string of the molecule is C=CC(=O)Nc1cc(N2CCN(CC)CC2)ccc1Nc1cc(NCC(=O)Nc2c(Cl)c(OC)cc(OC)c2Cl)ncn1. The Morgan fingerprint density at radius 1 is 0.953 bits per heavy atom. The molecule has 2 aromatic carbocycles. The van der Waals surface area contributed by atoms with Crippen LogP contribution in [0.1, 0.15) is 6.92 Å². The smallest absolute Gasteiger partial charge is 0.247 e. The van der Waals surface area contributed by atoms with Crippen molar-refractivity contribution < 1.29 is 19.1 Å². The van der Waals surface area contributed by atoms with Crippen molar-refractivity contribution in [1.29, 1.82) is 0 Å². The first-order valence-electron chi connectivity index (χ1n) is 13.5. The Morgan fingerprint density at radius 2 is 1.63 bits per heavy atom. The van der Waals surface area contributed by atoms with Crippen LogP contribution in [0.3, 0.4) is 0 Å². The molecule has 228 valence electrons. The van der Waals surface area contributed by atoms with E-state index in [2.05, 4.69) is 54.5 Å². The lowest BCUT2D eigenvalue weighted by atomic mass is 10.2. The van der Waals surface area contributed by atoms with Gasteiger partial charge in [-0.25, -0.2) is 9.97 Å². The minimum Gasteiger partial charge on any atom is -0.495 e. The highest BCUT2D eigenvalue weighted by molar-refractivity contribution is 6.41. The van der Waals surface area contributed by atoms with Gasteiger partial charge in [0.25, 0.3) is 0 Å². The molecule has 0 radical (unpaired) electrons. The summed E-state index contributed by atoms with van der Waals surface area (Å²) in [7, 11) is 2.89. The molecule has 2 amide bonds. The van der Waals surface area contributed by atoms with E-state index >= 15 is 0 Å². The Balaban J connectivity index is 1.45. The maximum Gasteiger partial charge on any atom is 0.247 e.